The average molecular weight is 609 g/mol. The Morgan fingerprint density at radius 3 is 1.84 bits per heavy atom. The van der Waals surface area contributed by atoms with Crippen LogP contribution in [0.1, 0.15) is 119 Å². The van der Waals surface area contributed by atoms with Crippen molar-refractivity contribution in [1.82, 2.24) is 0 Å². The molecule has 43 heavy (non-hydrogen) atoms. The number of rotatable bonds is 14. The highest BCUT2D eigenvalue weighted by atomic mass is 16.6. The van der Waals surface area contributed by atoms with E-state index >= 15 is 0 Å². The predicted molar refractivity (Wildman–Crippen MR) is 167 cm³/mol. The molecule has 4 bridgehead atoms. The molecule has 1 aliphatic heterocycles. The lowest BCUT2D eigenvalue weighted by atomic mass is 9.54. The molecule has 5 aliphatic rings. The Kier molecular flexibility index (Phi) is 16.1. The van der Waals surface area contributed by atoms with Crippen molar-refractivity contribution < 1.29 is 38.1 Å². The van der Waals surface area contributed by atoms with E-state index in [4.69, 9.17) is 23.7 Å². The van der Waals surface area contributed by atoms with Gasteiger partial charge in [0.1, 0.15) is 12.2 Å². The van der Waals surface area contributed by atoms with Crippen molar-refractivity contribution in [2.45, 2.75) is 131 Å². The standard InChI is InChI=1S/C15H24O2.C10H16O3.C10H20O3/c1-3-10(2)14(16)17-15-7-11-4-12(8-15)6-13(5-11)9-15;1-4-7(2)8(3)13-9-5-6-12-10(9)11;1-4-6-12-7-8-13-10(11)9(3)5-2/h10-13H,3-9H2,1-2H3;7,9H,3-6H2,1-2H3;9H,4-8H2,1-3H3. The first-order chi connectivity index (χ1) is 20.5. The number of allylic oxidation sites excluding steroid dienone is 1. The molecule has 1 heterocycles. The van der Waals surface area contributed by atoms with Gasteiger partial charge in [-0.1, -0.05) is 55.0 Å². The molecule has 4 unspecified atom stereocenters. The van der Waals surface area contributed by atoms with E-state index in [1.807, 2.05) is 34.6 Å². The molecule has 0 aromatic rings. The number of ether oxygens (including phenoxy) is 5. The minimum atomic E-state index is -0.415. The van der Waals surface area contributed by atoms with Crippen LogP contribution >= 0.6 is 0 Å². The molecule has 0 aromatic carbocycles. The molecule has 4 aliphatic carbocycles. The van der Waals surface area contributed by atoms with Crippen molar-refractivity contribution in [3.8, 4) is 0 Å². The van der Waals surface area contributed by atoms with E-state index in [-0.39, 0.29) is 35.3 Å². The Hall–Kier alpha value is -2.09. The molecule has 0 N–H and O–H groups in total. The lowest BCUT2D eigenvalue weighted by Crippen LogP contribution is -2.53. The maximum atomic E-state index is 12.0. The lowest BCUT2D eigenvalue weighted by molar-refractivity contribution is -0.190. The fourth-order valence-electron chi connectivity index (χ4n) is 6.50. The number of carbonyl (C=O) groups is 3. The Morgan fingerprint density at radius 2 is 1.37 bits per heavy atom. The molecule has 0 aromatic heterocycles. The number of esters is 3. The Labute approximate surface area is 260 Å². The second kappa shape index (κ2) is 18.7. The maximum absolute atomic E-state index is 12.0. The number of hydrogen-bond acceptors (Lipinski definition) is 8. The molecule has 0 radical (unpaired) electrons. The van der Waals surface area contributed by atoms with E-state index in [0.29, 0.717) is 37.9 Å². The monoisotopic (exact) mass is 608 g/mol. The molecule has 5 rings (SSSR count). The SMILES string of the molecule is C=C(OC1CCOC1=O)C(C)CC.CCC(C)C(=O)OC12CC3CC(CC(C3)C1)C2.CCCOCCOC(=O)C(C)CC. The second-order valence-electron chi connectivity index (χ2n) is 13.3. The maximum Gasteiger partial charge on any atom is 0.347 e. The van der Waals surface area contributed by atoms with Crippen LogP contribution in [0.2, 0.25) is 0 Å². The molecule has 4 atom stereocenters. The first kappa shape index (κ1) is 37.1. The van der Waals surface area contributed by atoms with Gasteiger partial charge in [0.25, 0.3) is 0 Å². The zero-order chi connectivity index (χ0) is 32.0. The summed E-state index contributed by atoms with van der Waals surface area (Å²) in [6.45, 7) is 19.9. The summed E-state index contributed by atoms with van der Waals surface area (Å²) in [6, 6.07) is 0. The third kappa shape index (κ3) is 12.1. The van der Waals surface area contributed by atoms with Crippen molar-refractivity contribution >= 4 is 17.9 Å². The predicted octanol–water partition coefficient (Wildman–Crippen LogP) is 7.43. The minimum absolute atomic E-state index is 0.00572. The van der Waals surface area contributed by atoms with E-state index in [0.717, 1.165) is 69.3 Å². The largest absolute Gasteiger partial charge is 0.483 e. The fraction of sp³-hybridized carbons (Fsp3) is 0.857. The van der Waals surface area contributed by atoms with Gasteiger partial charge in [0.05, 0.1) is 30.8 Å². The number of hydrogen-bond donors (Lipinski definition) is 0. The highest BCUT2D eigenvalue weighted by molar-refractivity contribution is 5.76. The van der Waals surface area contributed by atoms with Crippen LogP contribution < -0.4 is 0 Å². The lowest BCUT2D eigenvalue weighted by Gasteiger charge is -2.55. The van der Waals surface area contributed by atoms with Crippen LogP contribution in [0, 0.1) is 35.5 Å². The van der Waals surface area contributed by atoms with Gasteiger partial charge in [0.15, 0.2) is 6.10 Å². The van der Waals surface area contributed by atoms with Gasteiger partial charge < -0.3 is 23.7 Å². The summed E-state index contributed by atoms with van der Waals surface area (Å²) in [5, 5.41) is 0. The fourth-order valence-corrected chi connectivity index (χ4v) is 6.50. The van der Waals surface area contributed by atoms with Crippen molar-refractivity contribution in [1.29, 1.82) is 0 Å². The van der Waals surface area contributed by atoms with E-state index in [2.05, 4.69) is 20.4 Å². The molecular weight excluding hydrogens is 548 g/mol. The van der Waals surface area contributed by atoms with Gasteiger partial charge >= 0.3 is 17.9 Å². The first-order valence-electron chi connectivity index (χ1n) is 17.0. The number of carbonyl (C=O) groups excluding carboxylic acids is 3. The van der Waals surface area contributed by atoms with Gasteiger partial charge in [0, 0.05) is 18.9 Å². The molecule has 5 fully saturated rings. The summed E-state index contributed by atoms with van der Waals surface area (Å²) < 4.78 is 26.3. The van der Waals surface area contributed by atoms with Crippen molar-refractivity contribution in [2.75, 3.05) is 26.4 Å². The minimum Gasteiger partial charge on any atom is -0.483 e. The van der Waals surface area contributed by atoms with Gasteiger partial charge in [-0.2, -0.15) is 0 Å². The third-order valence-electron chi connectivity index (χ3n) is 9.49. The summed E-state index contributed by atoms with van der Waals surface area (Å²) in [5.41, 5.74) is -0.0464. The van der Waals surface area contributed by atoms with Crippen LogP contribution in [0.5, 0.6) is 0 Å². The van der Waals surface area contributed by atoms with Gasteiger partial charge in [-0.3, -0.25) is 9.59 Å². The van der Waals surface area contributed by atoms with E-state index < -0.39 is 6.10 Å². The molecule has 8 nitrogen and oxygen atoms in total. The van der Waals surface area contributed by atoms with Crippen molar-refractivity contribution in [3.63, 3.8) is 0 Å². The summed E-state index contributed by atoms with van der Waals surface area (Å²) in [4.78, 5) is 34.2. The van der Waals surface area contributed by atoms with E-state index in [9.17, 15) is 14.4 Å². The summed E-state index contributed by atoms with van der Waals surface area (Å²) in [5.74, 6) is 3.29. The molecule has 8 heteroatoms. The highest BCUT2D eigenvalue weighted by Crippen LogP contribution is 2.57. The van der Waals surface area contributed by atoms with Gasteiger partial charge in [-0.15, -0.1) is 0 Å². The van der Waals surface area contributed by atoms with Gasteiger partial charge in [0.2, 0.25) is 0 Å². The van der Waals surface area contributed by atoms with Gasteiger partial charge in [-0.25, -0.2) is 4.79 Å². The van der Waals surface area contributed by atoms with E-state index in [1.165, 1.54) is 19.3 Å². The quantitative estimate of drug-likeness (QED) is 0.0870. The Morgan fingerprint density at radius 1 is 0.837 bits per heavy atom. The Balaban J connectivity index is 0.000000229. The zero-order valence-electron chi connectivity index (χ0n) is 28.1. The summed E-state index contributed by atoms with van der Waals surface area (Å²) in [7, 11) is 0. The van der Waals surface area contributed by atoms with Crippen molar-refractivity contribution in [2.24, 2.45) is 35.5 Å². The Bertz CT molecular complexity index is 848. The smallest absolute Gasteiger partial charge is 0.347 e. The third-order valence-corrected chi connectivity index (χ3v) is 9.49. The van der Waals surface area contributed by atoms with Crippen LogP contribution in [0.25, 0.3) is 0 Å². The van der Waals surface area contributed by atoms with Crippen LogP contribution in [-0.4, -0.2) is 56.0 Å². The zero-order valence-corrected chi connectivity index (χ0v) is 28.1. The van der Waals surface area contributed by atoms with Crippen LogP contribution in [0.3, 0.4) is 0 Å². The normalized spacial score (nSPS) is 28.7. The molecular formula is C35H60O8. The second-order valence-corrected chi connectivity index (χ2v) is 13.3. The summed E-state index contributed by atoms with van der Waals surface area (Å²) >= 11 is 0. The average Bonchev–Trinajstić information content (AvgIpc) is 3.38. The first-order valence-corrected chi connectivity index (χ1v) is 17.0. The van der Waals surface area contributed by atoms with Crippen LogP contribution in [0.15, 0.2) is 12.3 Å². The van der Waals surface area contributed by atoms with Gasteiger partial charge in [-0.05, 0) is 82.0 Å². The topological polar surface area (TPSA) is 97.4 Å². The van der Waals surface area contributed by atoms with Crippen molar-refractivity contribution in [3.05, 3.63) is 12.3 Å². The highest BCUT2D eigenvalue weighted by Gasteiger charge is 2.53. The molecule has 4 saturated carbocycles. The molecule has 0 amide bonds. The van der Waals surface area contributed by atoms with Crippen LogP contribution in [0.4, 0.5) is 0 Å². The van der Waals surface area contributed by atoms with Crippen LogP contribution in [-0.2, 0) is 38.1 Å². The number of cyclic esters (lactones) is 1. The van der Waals surface area contributed by atoms with E-state index in [1.54, 1.807) is 0 Å². The molecule has 0 spiro atoms. The molecule has 1 saturated heterocycles. The summed E-state index contributed by atoms with van der Waals surface area (Å²) in [6.07, 6.45) is 11.6. The molecule has 248 valence electrons.